The number of rotatable bonds is 6. The Morgan fingerprint density at radius 3 is 2.65 bits per heavy atom. The molecule has 0 aromatic carbocycles. The average Bonchev–Trinajstić information content (AvgIpc) is 2.69. The molecule has 0 amide bonds. The maximum atomic E-state index is 6.02. The van der Waals surface area contributed by atoms with Crippen LogP contribution in [0, 0.1) is 19.8 Å². The van der Waals surface area contributed by atoms with Crippen molar-refractivity contribution in [2.45, 2.75) is 59.9 Å². The molecule has 0 fully saturated rings. The lowest BCUT2D eigenvalue weighted by molar-refractivity contribution is 0.392. The van der Waals surface area contributed by atoms with Crippen LogP contribution in [-0.2, 0) is 6.54 Å². The first-order valence-electron chi connectivity index (χ1n) is 7.65. The number of aromatic nitrogens is 3. The fraction of sp³-hybridized carbons (Fsp3) is 0.625. The molecule has 20 heavy (non-hydrogen) atoms. The molecular formula is C16H26N4. The minimum Gasteiger partial charge on any atom is -0.383 e. The molecule has 0 saturated heterocycles. The van der Waals surface area contributed by atoms with E-state index in [2.05, 4.69) is 42.2 Å². The molecule has 4 nitrogen and oxygen atoms in total. The van der Waals surface area contributed by atoms with Gasteiger partial charge in [0.15, 0.2) is 0 Å². The summed E-state index contributed by atoms with van der Waals surface area (Å²) in [6.45, 7) is 9.83. The Morgan fingerprint density at radius 2 is 2.00 bits per heavy atom. The Bertz CT molecular complexity index is 586. The first-order valence-corrected chi connectivity index (χ1v) is 7.65. The van der Waals surface area contributed by atoms with Crippen molar-refractivity contribution in [1.82, 2.24) is 14.5 Å². The van der Waals surface area contributed by atoms with Gasteiger partial charge in [-0.15, -0.1) is 0 Å². The van der Waals surface area contributed by atoms with Gasteiger partial charge in [0.2, 0.25) is 0 Å². The Labute approximate surface area is 121 Å². The van der Waals surface area contributed by atoms with E-state index >= 15 is 0 Å². The predicted octanol–water partition coefficient (Wildman–Crippen LogP) is 3.85. The van der Waals surface area contributed by atoms with Crippen LogP contribution in [0.5, 0.6) is 0 Å². The van der Waals surface area contributed by atoms with E-state index in [1.165, 1.54) is 36.9 Å². The predicted molar refractivity (Wildman–Crippen MR) is 84.7 cm³/mol. The summed E-state index contributed by atoms with van der Waals surface area (Å²) >= 11 is 0. The second kappa shape index (κ2) is 6.25. The zero-order valence-corrected chi connectivity index (χ0v) is 13.1. The number of hydrogen-bond acceptors (Lipinski definition) is 3. The van der Waals surface area contributed by atoms with Crippen LogP contribution in [0.1, 0.15) is 50.8 Å². The lowest BCUT2D eigenvalue weighted by Crippen LogP contribution is -2.12. The number of fused-ring (bicyclic) bond motifs is 1. The second-order valence-corrected chi connectivity index (χ2v) is 5.70. The van der Waals surface area contributed by atoms with Gasteiger partial charge in [-0.2, -0.15) is 0 Å². The summed E-state index contributed by atoms with van der Waals surface area (Å²) in [5, 5.41) is 1.02. The van der Waals surface area contributed by atoms with Crippen molar-refractivity contribution in [2.24, 2.45) is 5.92 Å². The van der Waals surface area contributed by atoms with E-state index in [0.717, 1.165) is 17.6 Å². The van der Waals surface area contributed by atoms with Crippen molar-refractivity contribution in [3.05, 3.63) is 17.6 Å². The zero-order valence-electron chi connectivity index (χ0n) is 13.1. The summed E-state index contributed by atoms with van der Waals surface area (Å²) in [7, 11) is 0. The van der Waals surface area contributed by atoms with Gasteiger partial charge in [-0.1, -0.05) is 33.1 Å². The van der Waals surface area contributed by atoms with Gasteiger partial charge in [-0.3, -0.25) is 0 Å². The van der Waals surface area contributed by atoms with Gasteiger partial charge in [0, 0.05) is 12.2 Å². The summed E-state index contributed by atoms with van der Waals surface area (Å²) in [5.41, 5.74) is 9.48. The summed E-state index contributed by atoms with van der Waals surface area (Å²) in [4.78, 5) is 8.59. The molecule has 0 radical (unpaired) electrons. The SMILES string of the molecule is CCCCC(CC)Cn1c(C)c(C)c2c(N)ncnc21. The van der Waals surface area contributed by atoms with Gasteiger partial charge in [0.05, 0.1) is 5.39 Å². The molecule has 110 valence electrons. The van der Waals surface area contributed by atoms with Gasteiger partial charge in [0.1, 0.15) is 17.8 Å². The molecular weight excluding hydrogens is 248 g/mol. The van der Waals surface area contributed by atoms with E-state index < -0.39 is 0 Å². The first kappa shape index (κ1) is 14.8. The molecule has 0 aliphatic carbocycles. The van der Waals surface area contributed by atoms with Crippen LogP contribution < -0.4 is 5.73 Å². The van der Waals surface area contributed by atoms with E-state index in [1.807, 2.05) is 0 Å². The highest BCUT2D eigenvalue weighted by molar-refractivity contribution is 5.90. The zero-order chi connectivity index (χ0) is 14.7. The third kappa shape index (κ3) is 2.65. The summed E-state index contributed by atoms with van der Waals surface area (Å²) < 4.78 is 2.33. The Balaban J connectivity index is 2.39. The fourth-order valence-corrected chi connectivity index (χ4v) is 2.89. The van der Waals surface area contributed by atoms with Crippen LogP contribution in [0.2, 0.25) is 0 Å². The lowest BCUT2D eigenvalue weighted by atomic mass is 9.99. The maximum absolute atomic E-state index is 6.02. The standard InChI is InChI=1S/C16H26N4/c1-5-7-8-13(6-2)9-20-12(4)11(3)14-15(17)18-10-19-16(14)20/h10,13H,5-9H2,1-4H3,(H2,17,18,19). The van der Waals surface area contributed by atoms with E-state index in [0.29, 0.717) is 11.7 Å². The van der Waals surface area contributed by atoms with Gasteiger partial charge in [0.25, 0.3) is 0 Å². The summed E-state index contributed by atoms with van der Waals surface area (Å²) in [6.07, 6.45) is 6.62. The molecule has 0 aliphatic heterocycles. The van der Waals surface area contributed by atoms with Crippen LogP contribution in [0.25, 0.3) is 11.0 Å². The molecule has 0 aliphatic rings. The lowest BCUT2D eigenvalue weighted by Gasteiger charge is -2.17. The molecule has 1 unspecified atom stereocenters. The van der Waals surface area contributed by atoms with Gasteiger partial charge in [-0.25, -0.2) is 9.97 Å². The smallest absolute Gasteiger partial charge is 0.145 e. The number of hydrogen-bond donors (Lipinski definition) is 1. The number of unbranched alkanes of at least 4 members (excludes halogenated alkanes) is 1. The third-order valence-electron chi connectivity index (χ3n) is 4.42. The highest BCUT2D eigenvalue weighted by atomic mass is 15.1. The van der Waals surface area contributed by atoms with E-state index in [1.54, 1.807) is 6.33 Å². The second-order valence-electron chi connectivity index (χ2n) is 5.70. The summed E-state index contributed by atoms with van der Waals surface area (Å²) in [6, 6.07) is 0. The minimum atomic E-state index is 0.593. The number of anilines is 1. The topological polar surface area (TPSA) is 56.7 Å². The number of nitrogen functional groups attached to an aromatic ring is 1. The average molecular weight is 274 g/mol. The molecule has 0 saturated carbocycles. The van der Waals surface area contributed by atoms with Crippen LogP contribution in [0.4, 0.5) is 5.82 Å². The van der Waals surface area contributed by atoms with Gasteiger partial charge >= 0.3 is 0 Å². The van der Waals surface area contributed by atoms with E-state index in [-0.39, 0.29) is 0 Å². The minimum absolute atomic E-state index is 0.593. The molecule has 2 rings (SSSR count). The molecule has 4 heteroatoms. The summed E-state index contributed by atoms with van der Waals surface area (Å²) in [5.74, 6) is 1.30. The van der Waals surface area contributed by atoms with E-state index in [4.69, 9.17) is 5.73 Å². The van der Waals surface area contributed by atoms with Crippen molar-refractivity contribution in [2.75, 3.05) is 5.73 Å². The first-order chi connectivity index (χ1) is 9.60. The molecule has 0 bridgehead atoms. The number of aryl methyl sites for hydroxylation is 1. The highest BCUT2D eigenvalue weighted by Gasteiger charge is 2.17. The molecule has 2 aromatic heterocycles. The molecule has 0 spiro atoms. The van der Waals surface area contributed by atoms with Crippen LogP contribution in [-0.4, -0.2) is 14.5 Å². The monoisotopic (exact) mass is 274 g/mol. The highest BCUT2D eigenvalue weighted by Crippen LogP contribution is 2.28. The van der Waals surface area contributed by atoms with Crippen molar-refractivity contribution in [3.8, 4) is 0 Å². The Hall–Kier alpha value is -1.58. The normalized spacial score (nSPS) is 13.0. The largest absolute Gasteiger partial charge is 0.383 e. The van der Waals surface area contributed by atoms with Crippen molar-refractivity contribution in [3.63, 3.8) is 0 Å². The van der Waals surface area contributed by atoms with Crippen molar-refractivity contribution < 1.29 is 0 Å². The number of nitrogens with two attached hydrogens (primary N) is 1. The molecule has 2 N–H and O–H groups in total. The van der Waals surface area contributed by atoms with Crippen LogP contribution in [0.15, 0.2) is 6.33 Å². The van der Waals surface area contributed by atoms with Gasteiger partial charge < -0.3 is 10.3 Å². The Kier molecular flexibility index (Phi) is 4.63. The maximum Gasteiger partial charge on any atom is 0.145 e. The van der Waals surface area contributed by atoms with Crippen molar-refractivity contribution in [1.29, 1.82) is 0 Å². The fourth-order valence-electron chi connectivity index (χ4n) is 2.89. The molecule has 2 aromatic rings. The molecule has 2 heterocycles. The van der Waals surface area contributed by atoms with Crippen LogP contribution >= 0.6 is 0 Å². The van der Waals surface area contributed by atoms with Gasteiger partial charge in [-0.05, 0) is 31.7 Å². The van der Waals surface area contributed by atoms with E-state index in [9.17, 15) is 0 Å². The quantitative estimate of drug-likeness (QED) is 0.870. The molecule has 1 atom stereocenters. The Morgan fingerprint density at radius 1 is 1.25 bits per heavy atom. The van der Waals surface area contributed by atoms with Crippen LogP contribution in [0.3, 0.4) is 0 Å². The number of nitrogens with zero attached hydrogens (tertiary/aromatic N) is 3. The van der Waals surface area contributed by atoms with Crippen molar-refractivity contribution >= 4 is 16.9 Å². The third-order valence-corrected chi connectivity index (χ3v) is 4.42.